The van der Waals surface area contributed by atoms with Gasteiger partial charge in [-0.1, -0.05) is 41.5 Å². The molecule has 0 aliphatic heterocycles. The van der Waals surface area contributed by atoms with Crippen LogP contribution in [0.15, 0.2) is 0 Å². The first-order valence-electron chi connectivity index (χ1n) is 7.95. The number of carbonyl (C=O) groups is 3. The summed E-state index contributed by atoms with van der Waals surface area (Å²) >= 11 is 0. The topological polar surface area (TPSA) is 115 Å². The monoisotopic (exact) mass is 364 g/mol. The number of hydrogen-bond donors (Lipinski definition) is 3. The van der Waals surface area contributed by atoms with Crippen molar-refractivity contribution in [1.82, 2.24) is 4.90 Å². The van der Waals surface area contributed by atoms with Crippen molar-refractivity contribution in [2.75, 3.05) is 19.3 Å². The molecule has 0 saturated heterocycles. The maximum absolute atomic E-state index is 12.1. The smallest absolute Gasteiger partial charge is 0.338 e. The summed E-state index contributed by atoms with van der Waals surface area (Å²) in [5.41, 5.74) is -1.09. The van der Waals surface area contributed by atoms with E-state index in [9.17, 15) is 14.4 Å². The maximum Gasteiger partial charge on any atom is 0.413 e. The maximum atomic E-state index is 12.1. The van der Waals surface area contributed by atoms with E-state index in [2.05, 4.69) is 0 Å². The second-order valence-electron chi connectivity index (χ2n) is 8.08. The molecule has 24 heavy (non-hydrogen) atoms. The summed E-state index contributed by atoms with van der Waals surface area (Å²) in [4.78, 5) is 64.7. The van der Waals surface area contributed by atoms with Crippen molar-refractivity contribution in [3.05, 3.63) is 0 Å². The van der Waals surface area contributed by atoms with E-state index in [1.807, 2.05) is 0 Å². The highest BCUT2D eigenvalue weighted by atomic mass is 31.2. The van der Waals surface area contributed by atoms with Gasteiger partial charge in [0.15, 0.2) is 0 Å². The molecule has 0 aromatic heterocycles. The van der Waals surface area contributed by atoms with E-state index < -0.39 is 30.8 Å². The van der Waals surface area contributed by atoms with Gasteiger partial charge in [0, 0.05) is 36.8 Å². The first kappa shape index (κ1) is 23.1. The first-order chi connectivity index (χ1) is 10.5. The molecule has 1 amide bonds. The summed E-state index contributed by atoms with van der Waals surface area (Å²) in [6.45, 7) is 10.8. The van der Waals surface area contributed by atoms with Gasteiger partial charge in [0.2, 0.25) is 6.16 Å². The van der Waals surface area contributed by atoms with Crippen LogP contribution in [0.25, 0.3) is 0 Å². The van der Waals surface area contributed by atoms with Crippen LogP contribution in [-0.4, -0.2) is 56.3 Å². The summed E-state index contributed by atoms with van der Waals surface area (Å²) < 4.78 is 0. The van der Waals surface area contributed by atoms with E-state index in [0.29, 0.717) is 0 Å². The van der Waals surface area contributed by atoms with Crippen LogP contribution < -0.4 is 0 Å². The van der Waals surface area contributed by atoms with Crippen LogP contribution in [0.5, 0.6) is 0 Å². The van der Waals surface area contributed by atoms with Crippen molar-refractivity contribution >= 4 is 25.4 Å². The molecule has 3 N–H and O–H groups in total. The van der Waals surface area contributed by atoms with Crippen LogP contribution in [0.1, 0.15) is 54.4 Å². The SMILES string of the molecule is CC(C)(C)C(=O)CCN(CCC(=O)C(C)(C)C)C(=O)C[P+](O)(O)O. The lowest BCUT2D eigenvalue weighted by Crippen LogP contribution is -2.39. The van der Waals surface area contributed by atoms with Crippen molar-refractivity contribution in [3.8, 4) is 0 Å². The number of hydrogen-bond acceptors (Lipinski definition) is 6. The summed E-state index contributed by atoms with van der Waals surface area (Å²) in [6.07, 6.45) is -0.597. The van der Waals surface area contributed by atoms with Gasteiger partial charge in [-0.2, -0.15) is 14.7 Å². The Balaban J connectivity index is 4.93. The predicted molar refractivity (Wildman–Crippen MR) is 93.2 cm³/mol. The Morgan fingerprint density at radius 1 is 0.792 bits per heavy atom. The molecule has 0 heterocycles. The third kappa shape index (κ3) is 9.42. The van der Waals surface area contributed by atoms with Gasteiger partial charge < -0.3 is 4.90 Å². The minimum Gasteiger partial charge on any atom is -0.338 e. The van der Waals surface area contributed by atoms with E-state index in [4.69, 9.17) is 14.7 Å². The zero-order chi connectivity index (χ0) is 19.3. The molecular formula is C16H31NO6P+. The van der Waals surface area contributed by atoms with E-state index in [-0.39, 0.29) is 37.5 Å². The number of nitrogens with zero attached hydrogens (tertiary/aromatic N) is 1. The van der Waals surface area contributed by atoms with Crippen molar-refractivity contribution < 1.29 is 29.1 Å². The van der Waals surface area contributed by atoms with Gasteiger partial charge in [-0.15, -0.1) is 0 Å². The Kier molecular flexibility index (Phi) is 8.16. The third-order valence-electron chi connectivity index (χ3n) is 3.59. The summed E-state index contributed by atoms with van der Waals surface area (Å²) in [7, 11) is -4.25. The fraction of sp³-hybridized carbons (Fsp3) is 0.812. The molecule has 0 saturated carbocycles. The highest BCUT2D eigenvalue weighted by Gasteiger charge is 2.36. The van der Waals surface area contributed by atoms with Crippen LogP contribution >= 0.6 is 7.94 Å². The number of rotatable bonds is 8. The molecule has 0 spiro atoms. The van der Waals surface area contributed by atoms with Crippen molar-refractivity contribution in [2.24, 2.45) is 10.8 Å². The molecule has 0 radical (unpaired) electrons. The predicted octanol–water partition coefficient (Wildman–Crippen LogP) is 1.57. The molecule has 8 heteroatoms. The van der Waals surface area contributed by atoms with Crippen LogP contribution in [0.3, 0.4) is 0 Å². The van der Waals surface area contributed by atoms with E-state index in [0.717, 1.165) is 0 Å². The Morgan fingerprint density at radius 2 is 1.12 bits per heavy atom. The second kappa shape index (κ2) is 8.48. The van der Waals surface area contributed by atoms with E-state index >= 15 is 0 Å². The van der Waals surface area contributed by atoms with Gasteiger partial charge in [-0.3, -0.25) is 14.4 Å². The van der Waals surface area contributed by atoms with Crippen molar-refractivity contribution in [2.45, 2.75) is 54.4 Å². The largest absolute Gasteiger partial charge is 0.413 e. The summed E-state index contributed by atoms with van der Waals surface area (Å²) in [5, 5.41) is 0. The van der Waals surface area contributed by atoms with Gasteiger partial charge in [-0.05, 0) is 0 Å². The van der Waals surface area contributed by atoms with Gasteiger partial charge in [0.05, 0.1) is 0 Å². The molecule has 7 nitrogen and oxygen atoms in total. The number of ketones is 2. The molecule has 0 aliphatic rings. The van der Waals surface area contributed by atoms with Gasteiger partial charge in [0.25, 0.3) is 5.91 Å². The Morgan fingerprint density at radius 3 is 1.38 bits per heavy atom. The highest BCUT2D eigenvalue weighted by molar-refractivity contribution is 7.59. The molecule has 0 unspecified atom stereocenters. The normalized spacial score (nSPS) is 12.9. The Hall–Kier alpha value is -0.880. The molecule has 0 fully saturated rings. The average Bonchev–Trinajstić information content (AvgIpc) is 2.33. The fourth-order valence-corrected chi connectivity index (χ4v) is 2.43. The first-order valence-corrected chi connectivity index (χ1v) is 9.78. The lowest BCUT2D eigenvalue weighted by molar-refractivity contribution is -0.132. The van der Waals surface area contributed by atoms with Gasteiger partial charge in [-0.25, -0.2) is 0 Å². The lowest BCUT2D eigenvalue weighted by Gasteiger charge is -2.25. The number of Topliss-reactive ketones (excluding diaryl/α,β-unsaturated/α-hetero) is 2. The molecule has 140 valence electrons. The summed E-state index contributed by atoms with van der Waals surface area (Å²) in [6, 6.07) is 0. The van der Waals surface area contributed by atoms with Crippen molar-refractivity contribution in [1.29, 1.82) is 0 Å². The standard InChI is InChI=1S/C16H31NO6P/c1-15(2,3)12(18)7-9-17(14(20)11-24(21,22)23)10-8-13(19)16(4,5)6/h21-23H,7-11H2,1-6H3/q+1. The quantitative estimate of drug-likeness (QED) is 0.563. The number of carbonyl (C=O) groups excluding carboxylic acids is 3. The minimum atomic E-state index is -4.25. The minimum absolute atomic E-state index is 0.0412. The molecule has 0 aliphatic carbocycles. The Bertz CT molecular complexity index is 440. The zero-order valence-electron chi connectivity index (χ0n) is 15.5. The molecule has 0 aromatic rings. The molecule has 0 rings (SSSR count). The number of amides is 1. The van der Waals surface area contributed by atoms with E-state index in [1.165, 1.54) is 4.90 Å². The van der Waals surface area contributed by atoms with Crippen LogP contribution in [-0.2, 0) is 14.4 Å². The second-order valence-corrected chi connectivity index (χ2v) is 9.78. The van der Waals surface area contributed by atoms with Crippen LogP contribution in [0.4, 0.5) is 0 Å². The third-order valence-corrected chi connectivity index (χ3v) is 4.29. The zero-order valence-corrected chi connectivity index (χ0v) is 16.4. The Labute approximate surface area is 144 Å². The van der Waals surface area contributed by atoms with E-state index in [1.54, 1.807) is 41.5 Å². The van der Waals surface area contributed by atoms with Crippen LogP contribution in [0, 0.1) is 10.8 Å². The van der Waals surface area contributed by atoms with Crippen molar-refractivity contribution in [3.63, 3.8) is 0 Å². The lowest BCUT2D eigenvalue weighted by atomic mass is 9.88. The molecular weight excluding hydrogens is 333 g/mol. The highest BCUT2D eigenvalue weighted by Crippen LogP contribution is 2.44. The molecule has 0 bridgehead atoms. The fourth-order valence-electron chi connectivity index (χ4n) is 1.87. The van der Waals surface area contributed by atoms with Gasteiger partial charge >= 0.3 is 7.94 Å². The average molecular weight is 364 g/mol. The van der Waals surface area contributed by atoms with Crippen LogP contribution in [0.2, 0.25) is 0 Å². The van der Waals surface area contributed by atoms with Gasteiger partial charge in [0.1, 0.15) is 11.6 Å². The summed E-state index contributed by atoms with van der Waals surface area (Å²) in [5.74, 6) is -0.764. The molecule has 0 atom stereocenters. The molecule has 0 aromatic carbocycles.